The molecular formula is C46H33N3. The largest absolute Gasteiger partial charge is 0.264 e. The Morgan fingerprint density at radius 3 is 1.82 bits per heavy atom. The second-order valence-electron chi connectivity index (χ2n) is 13.3. The molecule has 49 heavy (non-hydrogen) atoms. The highest BCUT2D eigenvalue weighted by Gasteiger charge is 2.37. The summed E-state index contributed by atoms with van der Waals surface area (Å²) in [4.78, 5) is 14.6. The van der Waals surface area contributed by atoms with Crippen LogP contribution in [0.3, 0.4) is 0 Å². The number of nitrogens with zero attached hydrogens (tertiary/aromatic N) is 3. The van der Waals surface area contributed by atoms with Gasteiger partial charge in [-0.15, -0.1) is 0 Å². The smallest absolute Gasteiger partial charge is 0.160 e. The van der Waals surface area contributed by atoms with E-state index in [0.29, 0.717) is 5.82 Å². The normalized spacial score (nSPS) is 12.9. The van der Waals surface area contributed by atoms with Crippen LogP contribution < -0.4 is 0 Å². The summed E-state index contributed by atoms with van der Waals surface area (Å²) < 4.78 is 0. The van der Waals surface area contributed by atoms with Gasteiger partial charge in [0.2, 0.25) is 0 Å². The Labute approximate surface area is 286 Å². The summed E-state index contributed by atoms with van der Waals surface area (Å²) in [5.41, 5.74) is 14.9. The first-order chi connectivity index (χ1) is 24.1. The Morgan fingerprint density at radius 1 is 0.429 bits per heavy atom. The highest BCUT2D eigenvalue weighted by Crippen LogP contribution is 2.53. The summed E-state index contributed by atoms with van der Waals surface area (Å²) >= 11 is 0. The highest BCUT2D eigenvalue weighted by atomic mass is 14.9. The van der Waals surface area contributed by atoms with E-state index in [9.17, 15) is 0 Å². The Kier molecular flexibility index (Phi) is 6.80. The summed E-state index contributed by atoms with van der Waals surface area (Å²) in [6.07, 6.45) is 3.69. The third-order valence-corrected chi connectivity index (χ3v) is 10.0. The van der Waals surface area contributed by atoms with E-state index >= 15 is 0 Å². The molecule has 0 amide bonds. The first-order valence-electron chi connectivity index (χ1n) is 16.8. The zero-order chi connectivity index (χ0) is 33.0. The number of hydrogen-bond acceptors (Lipinski definition) is 3. The van der Waals surface area contributed by atoms with Crippen LogP contribution >= 0.6 is 0 Å². The SMILES string of the molecule is CC1(C)c2ccccc2-c2cccc(-c3ccc(-c4cc(-c5ccc(-c6cccnc6)cc5)nc(-c5ccccc5)n4)c4ccccc34)c21. The third kappa shape index (κ3) is 4.86. The predicted octanol–water partition coefficient (Wildman–Crippen LogP) is 11.7. The van der Waals surface area contributed by atoms with Crippen molar-refractivity contribution in [2.75, 3.05) is 0 Å². The zero-order valence-corrected chi connectivity index (χ0v) is 27.4. The fourth-order valence-corrected chi connectivity index (χ4v) is 7.65. The second-order valence-corrected chi connectivity index (χ2v) is 13.3. The van der Waals surface area contributed by atoms with Gasteiger partial charge in [-0.3, -0.25) is 4.98 Å². The number of fused-ring (bicyclic) bond motifs is 4. The molecule has 9 rings (SSSR count). The molecule has 3 nitrogen and oxygen atoms in total. The van der Waals surface area contributed by atoms with Crippen molar-refractivity contribution in [3.8, 4) is 67.3 Å². The summed E-state index contributed by atoms with van der Waals surface area (Å²) in [7, 11) is 0. The van der Waals surface area contributed by atoms with Crippen LogP contribution in [-0.4, -0.2) is 15.0 Å². The lowest BCUT2D eigenvalue weighted by atomic mass is 9.78. The molecule has 8 aromatic rings. The minimum absolute atomic E-state index is 0.110. The van der Waals surface area contributed by atoms with Gasteiger partial charge in [0.05, 0.1) is 11.4 Å². The van der Waals surface area contributed by atoms with Crippen LogP contribution in [0.5, 0.6) is 0 Å². The average Bonchev–Trinajstić information content (AvgIpc) is 3.41. The molecule has 0 saturated heterocycles. The fourth-order valence-electron chi connectivity index (χ4n) is 7.65. The molecule has 232 valence electrons. The van der Waals surface area contributed by atoms with E-state index in [4.69, 9.17) is 9.97 Å². The molecular weight excluding hydrogens is 595 g/mol. The molecule has 2 aromatic heterocycles. The van der Waals surface area contributed by atoms with Gasteiger partial charge in [0, 0.05) is 34.5 Å². The first kappa shape index (κ1) is 29.0. The number of benzene rings is 6. The maximum absolute atomic E-state index is 5.21. The van der Waals surface area contributed by atoms with Crippen molar-refractivity contribution in [3.05, 3.63) is 175 Å². The predicted molar refractivity (Wildman–Crippen MR) is 202 cm³/mol. The maximum Gasteiger partial charge on any atom is 0.160 e. The lowest BCUT2D eigenvalue weighted by Gasteiger charge is -2.25. The Bertz CT molecular complexity index is 2500. The summed E-state index contributed by atoms with van der Waals surface area (Å²) in [6, 6.07) is 53.9. The summed E-state index contributed by atoms with van der Waals surface area (Å²) in [6.45, 7) is 4.71. The highest BCUT2D eigenvalue weighted by molar-refractivity contribution is 6.06. The van der Waals surface area contributed by atoms with Crippen molar-refractivity contribution in [2.45, 2.75) is 19.3 Å². The topological polar surface area (TPSA) is 38.7 Å². The second kappa shape index (κ2) is 11.5. The molecule has 0 atom stereocenters. The number of aromatic nitrogens is 3. The number of rotatable bonds is 5. The van der Waals surface area contributed by atoms with E-state index in [1.54, 1.807) is 6.20 Å². The van der Waals surface area contributed by atoms with Gasteiger partial charge in [0.15, 0.2) is 5.82 Å². The first-order valence-corrected chi connectivity index (χ1v) is 16.8. The molecule has 0 bridgehead atoms. The van der Waals surface area contributed by atoms with Gasteiger partial charge in [-0.2, -0.15) is 0 Å². The standard InChI is InChI=1S/C46H33N3/c1-46(2)41-20-9-8-17-37(41)40-19-10-18-39(44(40)46)36-25-26-38(35-16-7-6-15-34(35)36)43-28-42(48-45(49-43)32-12-4-3-5-13-32)31-23-21-30(22-24-31)33-14-11-27-47-29-33/h3-29H,1-2H3. The molecule has 0 fully saturated rings. The van der Waals surface area contributed by atoms with Crippen molar-refractivity contribution >= 4 is 10.8 Å². The Morgan fingerprint density at radius 2 is 1.04 bits per heavy atom. The van der Waals surface area contributed by atoms with Crippen LogP contribution in [0, 0.1) is 0 Å². The molecule has 0 saturated carbocycles. The van der Waals surface area contributed by atoms with Gasteiger partial charge in [-0.1, -0.05) is 153 Å². The fraction of sp³-hybridized carbons (Fsp3) is 0.0652. The van der Waals surface area contributed by atoms with Crippen LogP contribution in [0.15, 0.2) is 164 Å². The van der Waals surface area contributed by atoms with Gasteiger partial charge >= 0.3 is 0 Å². The molecule has 0 unspecified atom stereocenters. The maximum atomic E-state index is 5.21. The van der Waals surface area contributed by atoms with E-state index in [0.717, 1.165) is 39.2 Å². The minimum atomic E-state index is -0.110. The van der Waals surface area contributed by atoms with Crippen LogP contribution in [0.1, 0.15) is 25.0 Å². The molecule has 1 aliphatic rings. The van der Waals surface area contributed by atoms with Gasteiger partial charge in [-0.25, -0.2) is 9.97 Å². The van der Waals surface area contributed by atoms with Crippen molar-refractivity contribution in [1.29, 1.82) is 0 Å². The van der Waals surface area contributed by atoms with Crippen LogP contribution in [0.4, 0.5) is 0 Å². The minimum Gasteiger partial charge on any atom is -0.264 e. The third-order valence-electron chi connectivity index (χ3n) is 10.0. The van der Waals surface area contributed by atoms with E-state index < -0.39 is 0 Å². The molecule has 6 aromatic carbocycles. The lowest BCUT2D eigenvalue weighted by Crippen LogP contribution is -2.16. The Balaban J connectivity index is 1.21. The van der Waals surface area contributed by atoms with Crippen molar-refractivity contribution in [1.82, 2.24) is 15.0 Å². The summed E-state index contributed by atoms with van der Waals surface area (Å²) in [5.74, 6) is 0.706. The van der Waals surface area contributed by atoms with Crippen LogP contribution in [0.25, 0.3) is 78.1 Å². The van der Waals surface area contributed by atoms with E-state index in [1.165, 1.54) is 44.2 Å². The molecule has 0 spiro atoms. The van der Waals surface area contributed by atoms with Gasteiger partial charge in [0.25, 0.3) is 0 Å². The molecule has 2 heterocycles. The quantitative estimate of drug-likeness (QED) is 0.191. The Hall–Kier alpha value is -6.19. The number of hydrogen-bond donors (Lipinski definition) is 0. The van der Waals surface area contributed by atoms with Crippen LogP contribution in [-0.2, 0) is 5.41 Å². The molecule has 0 aliphatic heterocycles. The molecule has 0 radical (unpaired) electrons. The van der Waals surface area contributed by atoms with E-state index in [-0.39, 0.29) is 5.41 Å². The van der Waals surface area contributed by atoms with Crippen molar-refractivity contribution in [2.24, 2.45) is 0 Å². The molecule has 0 N–H and O–H groups in total. The zero-order valence-electron chi connectivity index (χ0n) is 27.4. The monoisotopic (exact) mass is 627 g/mol. The molecule has 1 aliphatic carbocycles. The van der Waals surface area contributed by atoms with Crippen molar-refractivity contribution in [3.63, 3.8) is 0 Å². The van der Waals surface area contributed by atoms with E-state index in [1.807, 2.05) is 30.5 Å². The van der Waals surface area contributed by atoms with Gasteiger partial charge in [-0.05, 0) is 67.4 Å². The van der Waals surface area contributed by atoms with E-state index in [2.05, 4.69) is 146 Å². The van der Waals surface area contributed by atoms with Crippen LogP contribution in [0.2, 0.25) is 0 Å². The van der Waals surface area contributed by atoms with Gasteiger partial charge < -0.3 is 0 Å². The van der Waals surface area contributed by atoms with Gasteiger partial charge in [0.1, 0.15) is 0 Å². The summed E-state index contributed by atoms with van der Waals surface area (Å²) in [5, 5.41) is 2.38. The van der Waals surface area contributed by atoms with Crippen molar-refractivity contribution < 1.29 is 0 Å². The molecule has 3 heteroatoms. The number of pyridine rings is 1. The lowest BCUT2D eigenvalue weighted by molar-refractivity contribution is 0.662. The average molecular weight is 628 g/mol.